The van der Waals surface area contributed by atoms with Gasteiger partial charge in [0.2, 0.25) is 0 Å². The van der Waals surface area contributed by atoms with Crippen LogP contribution < -0.4 is 11.5 Å². The topological polar surface area (TPSA) is 52.0 Å². The summed E-state index contributed by atoms with van der Waals surface area (Å²) in [5, 5.41) is 0. The highest BCUT2D eigenvalue weighted by Gasteiger charge is 2.49. The maximum atomic E-state index is 5.77. The average molecular weight is 168 g/mol. The number of fused-ring (bicyclic) bond motifs is 2. The van der Waals surface area contributed by atoms with E-state index in [0.29, 0.717) is 0 Å². The number of nitrogens with two attached hydrogens (primary N) is 2. The van der Waals surface area contributed by atoms with Crippen molar-refractivity contribution in [1.82, 2.24) is 0 Å². The quantitative estimate of drug-likeness (QED) is 0.641. The maximum Gasteiger partial charge on any atom is -0.00436 e. The third-order valence-electron chi connectivity index (χ3n) is 4.32. The van der Waals surface area contributed by atoms with E-state index in [4.69, 9.17) is 11.5 Å². The van der Waals surface area contributed by atoms with Crippen molar-refractivity contribution in [2.45, 2.75) is 19.8 Å². The van der Waals surface area contributed by atoms with Crippen molar-refractivity contribution < 1.29 is 0 Å². The first kappa shape index (κ1) is 8.52. The van der Waals surface area contributed by atoms with Crippen LogP contribution in [0.1, 0.15) is 19.8 Å². The second-order valence-corrected chi connectivity index (χ2v) is 4.65. The summed E-state index contributed by atoms with van der Waals surface area (Å²) in [5.41, 5.74) is 11.5. The fourth-order valence-electron chi connectivity index (χ4n) is 3.62. The van der Waals surface area contributed by atoms with E-state index >= 15 is 0 Å². The summed E-state index contributed by atoms with van der Waals surface area (Å²) in [6.45, 7) is 4.15. The Labute approximate surface area is 74.7 Å². The average Bonchev–Trinajstić information content (AvgIpc) is 2.60. The smallest absolute Gasteiger partial charge is 0.00436 e. The van der Waals surface area contributed by atoms with E-state index in [1.807, 2.05) is 0 Å². The predicted molar refractivity (Wildman–Crippen MR) is 50.5 cm³/mol. The lowest BCUT2D eigenvalue weighted by Gasteiger charge is -2.32. The molecule has 5 unspecified atom stereocenters. The van der Waals surface area contributed by atoms with Crippen LogP contribution >= 0.6 is 0 Å². The van der Waals surface area contributed by atoms with Crippen molar-refractivity contribution in [3.63, 3.8) is 0 Å². The van der Waals surface area contributed by atoms with Crippen LogP contribution in [0.3, 0.4) is 0 Å². The summed E-state index contributed by atoms with van der Waals surface area (Å²) in [4.78, 5) is 0. The molecule has 0 aromatic rings. The summed E-state index contributed by atoms with van der Waals surface area (Å²) in [6.07, 6.45) is 2.76. The van der Waals surface area contributed by atoms with E-state index in [1.54, 1.807) is 0 Å². The molecule has 0 heterocycles. The van der Waals surface area contributed by atoms with Gasteiger partial charge in [-0.05, 0) is 55.5 Å². The molecular formula is C10H20N2. The normalized spacial score (nSPS) is 51.8. The van der Waals surface area contributed by atoms with Crippen LogP contribution in [0.4, 0.5) is 0 Å². The lowest BCUT2D eigenvalue weighted by Crippen LogP contribution is -2.34. The summed E-state index contributed by atoms with van der Waals surface area (Å²) in [7, 11) is 0. The van der Waals surface area contributed by atoms with Crippen LogP contribution in [0, 0.1) is 29.6 Å². The molecule has 0 amide bonds. The molecule has 0 spiro atoms. The van der Waals surface area contributed by atoms with Gasteiger partial charge in [0.1, 0.15) is 0 Å². The van der Waals surface area contributed by atoms with Gasteiger partial charge in [0.25, 0.3) is 0 Å². The van der Waals surface area contributed by atoms with Gasteiger partial charge in [-0.1, -0.05) is 6.92 Å². The highest BCUT2D eigenvalue weighted by atomic mass is 14.7. The van der Waals surface area contributed by atoms with Crippen molar-refractivity contribution in [2.75, 3.05) is 13.1 Å². The molecule has 2 aliphatic carbocycles. The van der Waals surface area contributed by atoms with Crippen molar-refractivity contribution in [1.29, 1.82) is 0 Å². The molecule has 2 nitrogen and oxygen atoms in total. The van der Waals surface area contributed by atoms with Gasteiger partial charge < -0.3 is 11.5 Å². The van der Waals surface area contributed by atoms with Crippen LogP contribution in [0.2, 0.25) is 0 Å². The van der Waals surface area contributed by atoms with Crippen LogP contribution in [-0.4, -0.2) is 13.1 Å². The van der Waals surface area contributed by atoms with Crippen molar-refractivity contribution in [3.05, 3.63) is 0 Å². The minimum atomic E-state index is 0.804. The van der Waals surface area contributed by atoms with Gasteiger partial charge in [0, 0.05) is 0 Å². The standard InChI is InChI=1S/C10H20N2/c1-6-9-3-7(10(6)5-12)2-8(9)4-11/h6-10H,2-5,11-12H2,1H3. The van der Waals surface area contributed by atoms with E-state index in [9.17, 15) is 0 Å². The lowest BCUT2D eigenvalue weighted by molar-refractivity contribution is 0.185. The monoisotopic (exact) mass is 168 g/mol. The van der Waals surface area contributed by atoms with E-state index in [0.717, 1.165) is 42.7 Å². The Morgan fingerprint density at radius 1 is 1.17 bits per heavy atom. The Bertz CT molecular complexity index is 165. The van der Waals surface area contributed by atoms with E-state index in [2.05, 4.69) is 6.92 Å². The van der Waals surface area contributed by atoms with Gasteiger partial charge in [-0.25, -0.2) is 0 Å². The fourth-order valence-corrected chi connectivity index (χ4v) is 3.62. The zero-order chi connectivity index (χ0) is 8.72. The number of hydrogen-bond donors (Lipinski definition) is 2. The van der Waals surface area contributed by atoms with Gasteiger partial charge in [-0.2, -0.15) is 0 Å². The second kappa shape index (κ2) is 3.00. The van der Waals surface area contributed by atoms with Crippen molar-refractivity contribution in [3.8, 4) is 0 Å². The SMILES string of the molecule is CC1C(CN)C2CC(CN)C1C2. The highest BCUT2D eigenvalue weighted by molar-refractivity contribution is 4.99. The third-order valence-corrected chi connectivity index (χ3v) is 4.32. The van der Waals surface area contributed by atoms with E-state index in [-0.39, 0.29) is 0 Å². The molecule has 4 N–H and O–H groups in total. The molecule has 0 saturated heterocycles. The fraction of sp³-hybridized carbons (Fsp3) is 1.00. The molecule has 5 atom stereocenters. The molecule has 2 heteroatoms. The molecule has 2 fully saturated rings. The van der Waals surface area contributed by atoms with Gasteiger partial charge in [0.15, 0.2) is 0 Å². The number of hydrogen-bond acceptors (Lipinski definition) is 2. The Balaban J connectivity index is 2.07. The van der Waals surface area contributed by atoms with Crippen molar-refractivity contribution >= 4 is 0 Å². The first-order valence-corrected chi connectivity index (χ1v) is 5.18. The molecule has 70 valence electrons. The molecule has 2 rings (SSSR count). The Morgan fingerprint density at radius 3 is 2.42 bits per heavy atom. The molecular weight excluding hydrogens is 148 g/mol. The third kappa shape index (κ3) is 1.01. The van der Waals surface area contributed by atoms with Crippen LogP contribution in [0.15, 0.2) is 0 Å². The van der Waals surface area contributed by atoms with Crippen LogP contribution in [0.5, 0.6) is 0 Å². The molecule has 2 saturated carbocycles. The largest absolute Gasteiger partial charge is 0.330 e. The van der Waals surface area contributed by atoms with Gasteiger partial charge in [-0.3, -0.25) is 0 Å². The summed E-state index contributed by atoms with van der Waals surface area (Å²) >= 11 is 0. The second-order valence-electron chi connectivity index (χ2n) is 4.65. The molecule has 12 heavy (non-hydrogen) atoms. The van der Waals surface area contributed by atoms with Crippen LogP contribution in [-0.2, 0) is 0 Å². The van der Waals surface area contributed by atoms with Crippen LogP contribution in [0.25, 0.3) is 0 Å². The lowest BCUT2D eigenvalue weighted by atomic mass is 9.75. The Hall–Kier alpha value is -0.0800. The molecule has 2 aliphatic rings. The van der Waals surface area contributed by atoms with Gasteiger partial charge in [0.05, 0.1) is 0 Å². The molecule has 0 aromatic carbocycles. The summed E-state index contributed by atoms with van der Waals surface area (Å²) in [6, 6.07) is 0. The minimum Gasteiger partial charge on any atom is -0.330 e. The highest BCUT2D eigenvalue weighted by Crippen LogP contribution is 2.54. The summed E-state index contributed by atoms with van der Waals surface area (Å²) < 4.78 is 0. The zero-order valence-corrected chi connectivity index (χ0v) is 7.87. The van der Waals surface area contributed by atoms with E-state index in [1.165, 1.54) is 12.8 Å². The van der Waals surface area contributed by atoms with E-state index < -0.39 is 0 Å². The zero-order valence-electron chi connectivity index (χ0n) is 7.87. The molecule has 0 aliphatic heterocycles. The molecule has 0 aromatic heterocycles. The summed E-state index contributed by atoms with van der Waals surface area (Å²) in [5.74, 6) is 4.25. The van der Waals surface area contributed by atoms with Crippen molar-refractivity contribution in [2.24, 2.45) is 41.1 Å². The maximum absolute atomic E-state index is 5.77. The Morgan fingerprint density at radius 2 is 1.92 bits per heavy atom. The predicted octanol–water partition coefficient (Wildman–Crippen LogP) is 0.812. The first-order chi connectivity index (χ1) is 5.77. The van der Waals surface area contributed by atoms with Gasteiger partial charge >= 0.3 is 0 Å². The molecule has 2 bridgehead atoms. The first-order valence-electron chi connectivity index (χ1n) is 5.18. The Kier molecular flexibility index (Phi) is 2.13. The number of rotatable bonds is 2. The minimum absolute atomic E-state index is 0.804. The molecule has 0 radical (unpaired) electrons. The van der Waals surface area contributed by atoms with Gasteiger partial charge in [-0.15, -0.1) is 0 Å².